The van der Waals surface area contributed by atoms with Gasteiger partial charge < -0.3 is 5.32 Å². The zero-order valence-corrected chi connectivity index (χ0v) is 18.6. The van der Waals surface area contributed by atoms with Crippen molar-refractivity contribution in [2.45, 2.75) is 25.9 Å². The lowest BCUT2D eigenvalue weighted by Gasteiger charge is -2.13. The summed E-state index contributed by atoms with van der Waals surface area (Å²) in [6.07, 6.45) is 0. The van der Waals surface area contributed by atoms with Crippen LogP contribution in [-0.4, -0.2) is 21.2 Å². The highest BCUT2D eigenvalue weighted by molar-refractivity contribution is 7.99. The van der Waals surface area contributed by atoms with Gasteiger partial charge in [-0.25, -0.2) is 4.98 Å². The Kier molecular flexibility index (Phi) is 5.74. The minimum Gasteiger partial charge on any atom is -0.325 e. The van der Waals surface area contributed by atoms with E-state index in [1.54, 1.807) is 4.57 Å². The Morgan fingerprint density at radius 2 is 1.93 bits per heavy atom. The molecule has 5 nitrogen and oxygen atoms in total. The second-order valence-electron chi connectivity index (χ2n) is 7.09. The van der Waals surface area contributed by atoms with E-state index < -0.39 is 0 Å². The number of benzene rings is 2. The van der Waals surface area contributed by atoms with E-state index in [-0.39, 0.29) is 17.2 Å². The van der Waals surface area contributed by atoms with Gasteiger partial charge >= 0.3 is 0 Å². The van der Waals surface area contributed by atoms with Crippen LogP contribution in [0.2, 0.25) is 0 Å². The number of aromatic nitrogens is 2. The maximum absolute atomic E-state index is 13.2. The zero-order valence-electron chi connectivity index (χ0n) is 16.9. The molecule has 0 saturated carbocycles. The summed E-state index contributed by atoms with van der Waals surface area (Å²) in [4.78, 5) is 30.4. The van der Waals surface area contributed by atoms with E-state index in [9.17, 15) is 9.59 Å². The minimum absolute atomic E-state index is 0.113. The molecule has 0 radical (unpaired) electrons. The maximum Gasteiger partial charge on any atom is 0.276 e. The standard InChI is InChI=1S/C23H21N3O2S2/c1-14-6-4-8-17(12-14)26-22(28)21-19(10-11-29-21)25-23(26)30-13-20(27)24-18-9-5-7-15(2)16(18)3/h4-12H,13H2,1-3H3,(H,24,27). The Morgan fingerprint density at radius 1 is 1.13 bits per heavy atom. The number of anilines is 1. The topological polar surface area (TPSA) is 64.0 Å². The van der Waals surface area contributed by atoms with Crippen LogP contribution in [0.1, 0.15) is 16.7 Å². The third kappa shape index (κ3) is 4.04. The van der Waals surface area contributed by atoms with Crippen molar-refractivity contribution in [2.24, 2.45) is 0 Å². The predicted octanol–water partition coefficient (Wildman–Crippen LogP) is 5.10. The summed E-state index contributed by atoms with van der Waals surface area (Å²) >= 11 is 2.64. The molecular formula is C23H21N3O2S2. The van der Waals surface area contributed by atoms with Crippen LogP contribution in [0.25, 0.3) is 15.9 Å². The molecule has 1 amide bonds. The first-order valence-electron chi connectivity index (χ1n) is 9.50. The predicted molar refractivity (Wildman–Crippen MR) is 125 cm³/mol. The number of rotatable bonds is 5. The van der Waals surface area contributed by atoms with Crippen LogP contribution in [0, 0.1) is 20.8 Å². The number of nitrogens with one attached hydrogen (secondary N) is 1. The molecule has 0 atom stereocenters. The molecule has 2 aromatic heterocycles. The summed E-state index contributed by atoms with van der Waals surface area (Å²) in [5, 5.41) is 5.33. The number of fused-ring (bicyclic) bond motifs is 1. The Labute approximate surface area is 182 Å². The van der Waals surface area contributed by atoms with Gasteiger partial charge in [-0.1, -0.05) is 36.0 Å². The summed E-state index contributed by atoms with van der Waals surface area (Å²) in [7, 11) is 0. The molecule has 2 aromatic carbocycles. The summed E-state index contributed by atoms with van der Waals surface area (Å²) in [6.45, 7) is 5.98. The summed E-state index contributed by atoms with van der Waals surface area (Å²) in [6, 6.07) is 15.4. The fraction of sp³-hybridized carbons (Fsp3) is 0.174. The van der Waals surface area contributed by atoms with Crippen molar-refractivity contribution in [1.82, 2.24) is 9.55 Å². The molecular weight excluding hydrogens is 414 g/mol. The molecule has 4 rings (SSSR count). The molecule has 0 spiro atoms. The van der Waals surface area contributed by atoms with Crippen molar-refractivity contribution in [3.05, 3.63) is 81.0 Å². The SMILES string of the molecule is Cc1cccc(-n2c(SCC(=O)Nc3cccc(C)c3C)nc3ccsc3c2=O)c1. The Bertz CT molecular complexity index is 1310. The van der Waals surface area contributed by atoms with Crippen LogP contribution in [0.4, 0.5) is 5.69 Å². The lowest BCUT2D eigenvalue weighted by Crippen LogP contribution is -2.22. The number of aryl methyl sites for hydroxylation is 2. The van der Waals surface area contributed by atoms with Crippen LogP contribution in [0.5, 0.6) is 0 Å². The van der Waals surface area contributed by atoms with E-state index >= 15 is 0 Å². The maximum atomic E-state index is 13.2. The number of carbonyl (C=O) groups excluding carboxylic acids is 1. The highest BCUT2D eigenvalue weighted by Gasteiger charge is 2.16. The number of hydrogen-bond acceptors (Lipinski definition) is 5. The molecule has 0 fully saturated rings. The van der Waals surface area contributed by atoms with Gasteiger partial charge in [-0.3, -0.25) is 14.2 Å². The van der Waals surface area contributed by atoms with Crippen molar-refractivity contribution in [2.75, 3.05) is 11.1 Å². The van der Waals surface area contributed by atoms with Crippen molar-refractivity contribution >= 4 is 44.9 Å². The van der Waals surface area contributed by atoms with Gasteiger partial charge in [0.05, 0.1) is 17.0 Å². The van der Waals surface area contributed by atoms with Crippen LogP contribution in [0.15, 0.2) is 63.9 Å². The number of carbonyl (C=O) groups is 1. The quantitative estimate of drug-likeness (QED) is 0.350. The van der Waals surface area contributed by atoms with Gasteiger partial charge in [0.1, 0.15) is 4.70 Å². The zero-order chi connectivity index (χ0) is 21.3. The van der Waals surface area contributed by atoms with E-state index in [0.29, 0.717) is 15.4 Å². The van der Waals surface area contributed by atoms with Crippen LogP contribution >= 0.6 is 23.1 Å². The lowest BCUT2D eigenvalue weighted by molar-refractivity contribution is -0.113. The van der Waals surface area contributed by atoms with E-state index in [4.69, 9.17) is 0 Å². The first kappa shape index (κ1) is 20.4. The molecule has 0 aliphatic rings. The van der Waals surface area contributed by atoms with Gasteiger partial charge in [0.15, 0.2) is 5.16 Å². The molecule has 152 valence electrons. The normalized spacial score (nSPS) is 11.0. The molecule has 0 aliphatic carbocycles. The first-order valence-corrected chi connectivity index (χ1v) is 11.4. The smallest absolute Gasteiger partial charge is 0.276 e. The molecule has 0 unspecified atom stereocenters. The molecule has 0 bridgehead atoms. The molecule has 2 heterocycles. The number of amides is 1. The summed E-state index contributed by atoms with van der Waals surface area (Å²) in [5.74, 6) is 0.0190. The summed E-state index contributed by atoms with van der Waals surface area (Å²) < 4.78 is 2.21. The van der Waals surface area contributed by atoms with Crippen molar-refractivity contribution in [3.63, 3.8) is 0 Å². The van der Waals surface area contributed by atoms with Crippen LogP contribution in [-0.2, 0) is 4.79 Å². The van der Waals surface area contributed by atoms with Gasteiger partial charge in [-0.2, -0.15) is 0 Å². The van der Waals surface area contributed by atoms with Gasteiger partial charge in [0.2, 0.25) is 5.91 Å². The van der Waals surface area contributed by atoms with Crippen LogP contribution in [0.3, 0.4) is 0 Å². The average molecular weight is 436 g/mol. The molecule has 4 aromatic rings. The number of thioether (sulfide) groups is 1. The van der Waals surface area contributed by atoms with E-state index in [2.05, 4.69) is 10.3 Å². The van der Waals surface area contributed by atoms with Crippen molar-refractivity contribution in [1.29, 1.82) is 0 Å². The third-order valence-corrected chi connectivity index (χ3v) is 6.75. The average Bonchev–Trinajstić information content (AvgIpc) is 3.19. The molecule has 7 heteroatoms. The van der Waals surface area contributed by atoms with Crippen molar-refractivity contribution in [3.8, 4) is 5.69 Å². The fourth-order valence-electron chi connectivity index (χ4n) is 3.19. The van der Waals surface area contributed by atoms with Crippen molar-refractivity contribution < 1.29 is 4.79 Å². The Balaban J connectivity index is 1.65. The second-order valence-corrected chi connectivity index (χ2v) is 8.95. The fourth-order valence-corrected chi connectivity index (χ4v) is 4.76. The first-order chi connectivity index (χ1) is 14.4. The number of thiophene rings is 1. The summed E-state index contributed by atoms with van der Waals surface area (Å²) in [5.41, 5.74) is 5.32. The Morgan fingerprint density at radius 3 is 2.73 bits per heavy atom. The second kappa shape index (κ2) is 8.45. The van der Waals surface area contributed by atoms with Gasteiger partial charge in [0, 0.05) is 5.69 Å². The lowest BCUT2D eigenvalue weighted by atomic mass is 10.1. The van der Waals surface area contributed by atoms with Gasteiger partial charge in [0.25, 0.3) is 5.56 Å². The molecule has 0 aliphatic heterocycles. The van der Waals surface area contributed by atoms with E-state index in [1.807, 2.05) is 74.7 Å². The highest BCUT2D eigenvalue weighted by Crippen LogP contribution is 2.25. The monoisotopic (exact) mass is 435 g/mol. The van der Waals surface area contributed by atoms with Gasteiger partial charge in [-0.05, 0) is 67.1 Å². The minimum atomic E-state index is -0.135. The van der Waals surface area contributed by atoms with Crippen LogP contribution < -0.4 is 10.9 Å². The largest absolute Gasteiger partial charge is 0.325 e. The third-order valence-electron chi connectivity index (χ3n) is 4.92. The Hall–Kier alpha value is -2.90. The molecule has 0 saturated heterocycles. The van der Waals surface area contributed by atoms with E-state index in [1.165, 1.54) is 23.1 Å². The number of nitrogens with zero attached hydrogens (tertiary/aromatic N) is 2. The van der Waals surface area contributed by atoms with E-state index in [0.717, 1.165) is 28.1 Å². The number of hydrogen-bond donors (Lipinski definition) is 1. The van der Waals surface area contributed by atoms with Gasteiger partial charge in [-0.15, -0.1) is 11.3 Å². The highest BCUT2D eigenvalue weighted by atomic mass is 32.2. The molecule has 1 N–H and O–H groups in total. The molecule has 30 heavy (non-hydrogen) atoms.